The van der Waals surface area contributed by atoms with Crippen LogP contribution in [0, 0.1) is 11.3 Å². The van der Waals surface area contributed by atoms with Crippen LogP contribution >= 0.6 is 0 Å². The van der Waals surface area contributed by atoms with Crippen molar-refractivity contribution in [3.63, 3.8) is 0 Å². The van der Waals surface area contributed by atoms with Gasteiger partial charge in [-0.05, 0) is 57.3 Å². The number of aliphatic hydroxyl groups excluding tert-OH is 2. The summed E-state index contributed by atoms with van der Waals surface area (Å²) in [6, 6.07) is 0. The third-order valence-electron chi connectivity index (χ3n) is 5.17. The first-order valence-corrected chi connectivity index (χ1v) is 7.18. The Morgan fingerprint density at radius 2 is 1.47 bits per heavy atom. The number of hydrogen-bond donors (Lipinski definition) is 2. The maximum Gasteiger partial charge on any atom is 0.0622 e. The van der Waals surface area contributed by atoms with E-state index in [-0.39, 0.29) is 17.6 Å². The molecule has 3 fully saturated rings. The first kappa shape index (κ1) is 11.9. The zero-order chi connectivity index (χ0) is 11.9. The molecule has 3 saturated carbocycles. The molecule has 3 rings (SSSR count). The molecule has 2 N–H and O–H groups in total. The number of ether oxygens (including phenoxy) is 1. The molecule has 2 atom stereocenters. The summed E-state index contributed by atoms with van der Waals surface area (Å²) in [5.41, 5.74) is -0.195. The average Bonchev–Trinajstić information content (AvgIpc) is 3.13. The van der Waals surface area contributed by atoms with Gasteiger partial charge in [0.25, 0.3) is 0 Å². The molecule has 2 unspecified atom stereocenters. The van der Waals surface area contributed by atoms with Crippen LogP contribution < -0.4 is 0 Å². The Morgan fingerprint density at radius 3 is 2.00 bits per heavy atom. The van der Waals surface area contributed by atoms with Gasteiger partial charge in [-0.2, -0.15) is 0 Å². The monoisotopic (exact) mass is 240 g/mol. The van der Waals surface area contributed by atoms with E-state index >= 15 is 0 Å². The highest BCUT2D eigenvalue weighted by atomic mass is 16.5. The summed E-state index contributed by atoms with van der Waals surface area (Å²) in [5.74, 6) is 0.827. The lowest BCUT2D eigenvalue weighted by Gasteiger charge is -2.41. The van der Waals surface area contributed by atoms with Crippen LogP contribution in [0.2, 0.25) is 0 Å². The van der Waals surface area contributed by atoms with E-state index in [1.165, 1.54) is 12.8 Å². The zero-order valence-corrected chi connectivity index (χ0v) is 10.5. The smallest absolute Gasteiger partial charge is 0.0622 e. The second-order valence-corrected chi connectivity index (χ2v) is 6.32. The molecule has 3 nitrogen and oxygen atoms in total. The summed E-state index contributed by atoms with van der Waals surface area (Å²) in [5, 5.41) is 20.2. The van der Waals surface area contributed by atoms with Crippen molar-refractivity contribution in [2.24, 2.45) is 11.3 Å². The van der Waals surface area contributed by atoms with Gasteiger partial charge in [0, 0.05) is 12.0 Å². The SMILES string of the molecule is OC1CCC(O)C12CCC(OCC1CC1)CC2. The second kappa shape index (κ2) is 4.52. The van der Waals surface area contributed by atoms with Crippen molar-refractivity contribution in [2.75, 3.05) is 6.61 Å². The molecule has 0 aromatic heterocycles. The minimum absolute atomic E-state index is 0.195. The van der Waals surface area contributed by atoms with Crippen molar-refractivity contribution in [3.8, 4) is 0 Å². The molecule has 0 saturated heterocycles. The van der Waals surface area contributed by atoms with E-state index in [9.17, 15) is 10.2 Å². The van der Waals surface area contributed by atoms with Gasteiger partial charge in [0.05, 0.1) is 18.3 Å². The van der Waals surface area contributed by atoms with Gasteiger partial charge in [-0.1, -0.05) is 0 Å². The fourth-order valence-electron chi connectivity index (χ4n) is 3.63. The third-order valence-corrected chi connectivity index (χ3v) is 5.17. The lowest BCUT2D eigenvalue weighted by molar-refractivity contribution is -0.0842. The molecule has 0 aromatic carbocycles. The Kier molecular flexibility index (Phi) is 3.18. The predicted octanol–water partition coefficient (Wildman–Crippen LogP) is 1.86. The van der Waals surface area contributed by atoms with Crippen molar-refractivity contribution in [1.29, 1.82) is 0 Å². The summed E-state index contributed by atoms with van der Waals surface area (Å²) in [4.78, 5) is 0. The van der Waals surface area contributed by atoms with Crippen LogP contribution in [0.4, 0.5) is 0 Å². The van der Waals surface area contributed by atoms with Gasteiger partial charge < -0.3 is 14.9 Å². The highest BCUT2D eigenvalue weighted by Gasteiger charge is 2.50. The Morgan fingerprint density at radius 1 is 0.882 bits per heavy atom. The van der Waals surface area contributed by atoms with Crippen LogP contribution in [0.5, 0.6) is 0 Å². The molecule has 3 aliphatic carbocycles. The van der Waals surface area contributed by atoms with Gasteiger partial charge in [-0.25, -0.2) is 0 Å². The fourth-order valence-corrected chi connectivity index (χ4v) is 3.63. The van der Waals surface area contributed by atoms with E-state index < -0.39 is 0 Å². The van der Waals surface area contributed by atoms with Crippen LogP contribution in [0.1, 0.15) is 51.4 Å². The summed E-state index contributed by atoms with van der Waals surface area (Å²) in [6.07, 6.45) is 7.92. The molecular formula is C14H24O3. The largest absolute Gasteiger partial charge is 0.392 e. The first-order valence-electron chi connectivity index (χ1n) is 7.18. The molecule has 0 aliphatic heterocycles. The Hall–Kier alpha value is -0.120. The first-order chi connectivity index (χ1) is 8.21. The molecule has 0 heterocycles. The molecule has 1 spiro atoms. The van der Waals surface area contributed by atoms with Crippen molar-refractivity contribution >= 4 is 0 Å². The Bertz CT molecular complexity index is 255. The molecule has 98 valence electrons. The van der Waals surface area contributed by atoms with Crippen LogP contribution in [0.25, 0.3) is 0 Å². The van der Waals surface area contributed by atoms with Crippen molar-refractivity contribution in [1.82, 2.24) is 0 Å². The quantitative estimate of drug-likeness (QED) is 0.791. The van der Waals surface area contributed by atoms with E-state index in [2.05, 4.69) is 0 Å². The summed E-state index contributed by atoms with van der Waals surface area (Å²) in [6.45, 7) is 0.933. The zero-order valence-electron chi connectivity index (χ0n) is 10.5. The van der Waals surface area contributed by atoms with Crippen molar-refractivity contribution in [2.45, 2.75) is 69.7 Å². The number of aliphatic hydroxyl groups is 2. The van der Waals surface area contributed by atoms with E-state index in [4.69, 9.17) is 4.74 Å². The van der Waals surface area contributed by atoms with Gasteiger partial charge in [-0.15, -0.1) is 0 Å². The van der Waals surface area contributed by atoms with Crippen molar-refractivity contribution in [3.05, 3.63) is 0 Å². The summed E-state index contributed by atoms with van der Waals surface area (Å²) in [7, 11) is 0. The molecule has 3 heteroatoms. The van der Waals surface area contributed by atoms with Gasteiger partial charge in [-0.3, -0.25) is 0 Å². The maximum atomic E-state index is 10.1. The standard InChI is InChI=1S/C14H24O3/c15-12-3-4-13(16)14(12)7-5-11(6-8-14)17-9-10-1-2-10/h10-13,15-16H,1-9H2. The topological polar surface area (TPSA) is 49.7 Å². The Labute approximate surface area is 103 Å². The predicted molar refractivity (Wildman–Crippen MR) is 64.6 cm³/mol. The van der Waals surface area contributed by atoms with Gasteiger partial charge in [0.1, 0.15) is 0 Å². The van der Waals surface area contributed by atoms with E-state index in [0.29, 0.717) is 6.10 Å². The Balaban J connectivity index is 1.51. The van der Waals surface area contributed by atoms with Gasteiger partial charge >= 0.3 is 0 Å². The molecule has 17 heavy (non-hydrogen) atoms. The van der Waals surface area contributed by atoms with Crippen LogP contribution in [0.3, 0.4) is 0 Å². The minimum atomic E-state index is -0.290. The molecule has 0 radical (unpaired) electrons. The third kappa shape index (κ3) is 2.25. The maximum absolute atomic E-state index is 10.1. The summed E-state index contributed by atoms with van der Waals surface area (Å²) >= 11 is 0. The van der Waals surface area contributed by atoms with Gasteiger partial charge in [0.2, 0.25) is 0 Å². The number of rotatable bonds is 3. The second-order valence-electron chi connectivity index (χ2n) is 6.32. The lowest BCUT2D eigenvalue weighted by atomic mass is 9.69. The molecule has 3 aliphatic rings. The number of hydrogen-bond acceptors (Lipinski definition) is 3. The highest BCUT2D eigenvalue weighted by Crippen LogP contribution is 2.49. The average molecular weight is 240 g/mol. The molecular weight excluding hydrogens is 216 g/mol. The van der Waals surface area contributed by atoms with E-state index in [1.807, 2.05) is 0 Å². The van der Waals surface area contributed by atoms with E-state index in [1.54, 1.807) is 0 Å². The van der Waals surface area contributed by atoms with Crippen molar-refractivity contribution < 1.29 is 14.9 Å². The highest BCUT2D eigenvalue weighted by molar-refractivity contribution is 5.01. The van der Waals surface area contributed by atoms with Crippen LogP contribution in [-0.2, 0) is 4.74 Å². The normalized spacial score (nSPS) is 46.6. The summed E-state index contributed by atoms with van der Waals surface area (Å²) < 4.78 is 5.92. The van der Waals surface area contributed by atoms with Gasteiger partial charge in [0.15, 0.2) is 0 Å². The molecule has 0 bridgehead atoms. The minimum Gasteiger partial charge on any atom is -0.392 e. The molecule has 0 amide bonds. The van der Waals surface area contributed by atoms with Crippen LogP contribution in [0.15, 0.2) is 0 Å². The molecule has 0 aromatic rings. The van der Waals surface area contributed by atoms with Crippen LogP contribution in [-0.4, -0.2) is 35.1 Å². The van der Waals surface area contributed by atoms with E-state index in [0.717, 1.165) is 51.0 Å². The fraction of sp³-hybridized carbons (Fsp3) is 1.00. The lowest BCUT2D eigenvalue weighted by Crippen LogP contribution is -2.43.